The standard InChI is InChI=1S/C11H13BrFNO/c1-2-14-7-10(15)5-8-3-4-9(12)6-11(8)13/h3-4,6,14H,2,5,7H2,1H3. The van der Waals surface area contributed by atoms with Gasteiger partial charge in [-0.15, -0.1) is 0 Å². The maximum Gasteiger partial charge on any atom is 0.151 e. The predicted molar refractivity (Wildman–Crippen MR) is 61.4 cm³/mol. The van der Waals surface area contributed by atoms with Crippen molar-refractivity contribution in [3.63, 3.8) is 0 Å². The van der Waals surface area contributed by atoms with Crippen molar-refractivity contribution in [3.8, 4) is 0 Å². The molecule has 82 valence electrons. The minimum Gasteiger partial charge on any atom is -0.310 e. The lowest BCUT2D eigenvalue weighted by atomic mass is 10.1. The maximum atomic E-state index is 13.3. The van der Waals surface area contributed by atoms with E-state index >= 15 is 0 Å². The van der Waals surface area contributed by atoms with Gasteiger partial charge in [0.1, 0.15) is 5.82 Å². The van der Waals surface area contributed by atoms with Gasteiger partial charge in [0, 0.05) is 10.9 Å². The average molecular weight is 274 g/mol. The highest BCUT2D eigenvalue weighted by Crippen LogP contribution is 2.15. The lowest BCUT2D eigenvalue weighted by Gasteiger charge is -2.03. The van der Waals surface area contributed by atoms with Gasteiger partial charge < -0.3 is 5.32 Å². The molecule has 1 N–H and O–H groups in total. The molecule has 0 bridgehead atoms. The summed E-state index contributed by atoms with van der Waals surface area (Å²) in [6, 6.07) is 4.73. The molecule has 1 aromatic carbocycles. The van der Waals surface area contributed by atoms with Crippen molar-refractivity contribution in [3.05, 3.63) is 34.1 Å². The maximum absolute atomic E-state index is 13.3. The van der Waals surface area contributed by atoms with Crippen molar-refractivity contribution in [2.75, 3.05) is 13.1 Å². The van der Waals surface area contributed by atoms with Gasteiger partial charge in [0.05, 0.1) is 6.54 Å². The number of halogens is 2. The second kappa shape index (κ2) is 5.98. The van der Waals surface area contributed by atoms with Gasteiger partial charge in [0.2, 0.25) is 0 Å². The highest BCUT2D eigenvalue weighted by Gasteiger charge is 2.07. The van der Waals surface area contributed by atoms with E-state index < -0.39 is 0 Å². The summed E-state index contributed by atoms with van der Waals surface area (Å²) in [4.78, 5) is 11.4. The first kappa shape index (κ1) is 12.3. The zero-order valence-electron chi connectivity index (χ0n) is 8.52. The second-order valence-corrected chi connectivity index (χ2v) is 4.15. The van der Waals surface area contributed by atoms with E-state index in [1.807, 2.05) is 6.92 Å². The zero-order chi connectivity index (χ0) is 11.3. The fourth-order valence-corrected chi connectivity index (χ4v) is 1.54. The fourth-order valence-electron chi connectivity index (χ4n) is 1.20. The van der Waals surface area contributed by atoms with Crippen LogP contribution in [0.5, 0.6) is 0 Å². The Morgan fingerprint density at radius 3 is 2.87 bits per heavy atom. The number of hydrogen-bond donors (Lipinski definition) is 1. The topological polar surface area (TPSA) is 29.1 Å². The number of carbonyl (C=O) groups excluding carboxylic acids is 1. The molecule has 0 aliphatic rings. The van der Waals surface area contributed by atoms with Gasteiger partial charge in [0.25, 0.3) is 0 Å². The van der Waals surface area contributed by atoms with Crippen molar-refractivity contribution >= 4 is 21.7 Å². The van der Waals surface area contributed by atoms with Crippen LogP contribution in [0.1, 0.15) is 12.5 Å². The summed E-state index contributed by atoms with van der Waals surface area (Å²) in [5.41, 5.74) is 0.445. The van der Waals surface area contributed by atoms with Crippen molar-refractivity contribution in [2.24, 2.45) is 0 Å². The number of hydrogen-bond acceptors (Lipinski definition) is 2. The van der Waals surface area contributed by atoms with E-state index in [1.54, 1.807) is 12.1 Å². The highest BCUT2D eigenvalue weighted by atomic mass is 79.9. The van der Waals surface area contributed by atoms with Crippen LogP contribution >= 0.6 is 15.9 Å². The smallest absolute Gasteiger partial charge is 0.151 e. The molecule has 0 heterocycles. The van der Waals surface area contributed by atoms with E-state index in [0.717, 1.165) is 6.54 Å². The summed E-state index contributed by atoms with van der Waals surface area (Å²) in [5, 5.41) is 2.92. The third-order valence-corrected chi connectivity index (χ3v) is 2.47. The van der Waals surface area contributed by atoms with E-state index in [1.165, 1.54) is 6.07 Å². The molecule has 0 aliphatic carbocycles. The number of nitrogens with one attached hydrogen (secondary N) is 1. The van der Waals surface area contributed by atoms with Crippen LogP contribution in [0.25, 0.3) is 0 Å². The molecule has 0 radical (unpaired) electrons. The molecule has 0 aromatic heterocycles. The Kier molecular flexibility index (Phi) is 4.91. The molecule has 0 saturated carbocycles. The summed E-state index contributed by atoms with van der Waals surface area (Å²) in [6.07, 6.45) is 0.145. The van der Waals surface area contributed by atoms with Crippen LogP contribution in [0.4, 0.5) is 4.39 Å². The van der Waals surface area contributed by atoms with Gasteiger partial charge in [0.15, 0.2) is 5.78 Å². The van der Waals surface area contributed by atoms with E-state index in [4.69, 9.17) is 0 Å². The van der Waals surface area contributed by atoms with Gasteiger partial charge in [-0.05, 0) is 24.2 Å². The van der Waals surface area contributed by atoms with Gasteiger partial charge in [-0.2, -0.15) is 0 Å². The first-order valence-corrected chi connectivity index (χ1v) is 5.59. The molecule has 1 rings (SSSR count). The SMILES string of the molecule is CCNCC(=O)Cc1ccc(Br)cc1F. The van der Waals surface area contributed by atoms with Gasteiger partial charge in [-0.25, -0.2) is 4.39 Å². The number of rotatable bonds is 5. The molecule has 0 unspecified atom stereocenters. The lowest BCUT2D eigenvalue weighted by Crippen LogP contribution is -2.24. The van der Waals surface area contributed by atoms with E-state index in [0.29, 0.717) is 16.6 Å². The molecule has 0 amide bonds. The van der Waals surface area contributed by atoms with Crippen LogP contribution < -0.4 is 5.32 Å². The molecular weight excluding hydrogens is 261 g/mol. The minimum atomic E-state index is -0.339. The van der Waals surface area contributed by atoms with Crippen LogP contribution in [0.2, 0.25) is 0 Å². The average Bonchev–Trinajstić information content (AvgIpc) is 2.19. The number of benzene rings is 1. The molecule has 1 aromatic rings. The molecule has 0 fully saturated rings. The molecule has 2 nitrogen and oxygen atoms in total. The van der Waals surface area contributed by atoms with Gasteiger partial charge >= 0.3 is 0 Å². The van der Waals surface area contributed by atoms with E-state index in [-0.39, 0.29) is 18.0 Å². The molecule has 0 spiro atoms. The molecule has 4 heteroatoms. The van der Waals surface area contributed by atoms with Crippen LogP contribution in [0.3, 0.4) is 0 Å². The largest absolute Gasteiger partial charge is 0.310 e. The summed E-state index contributed by atoms with van der Waals surface area (Å²) < 4.78 is 14.0. The quantitative estimate of drug-likeness (QED) is 0.892. The fraction of sp³-hybridized carbons (Fsp3) is 0.364. The van der Waals surface area contributed by atoms with Crippen LogP contribution in [-0.2, 0) is 11.2 Å². The minimum absolute atomic E-state index is 0.00178. The van der Waals surface area contributed by atoms with Crippen LogP contribution in [-0.4, -0.2) is 18.9 Å². The Morgan fingerprint density at radius 2 is 2.27 bits per heavy atom. The molecule has 15 heavy (non-hydrogen) atoms. The van der Waals surface area contributed by atoms with Gasteiger partial charge in [-0.1, -0.05) is 28.9 Å². The Balaban J connectivity index is 2.60. The monoisotopic (exact) mass is 273 g/mol. The van der Waals surface area contributed by atoms with Crippen LogP contribution in [0, 0.1) is 5.82 Å². The summed E-state index contributed by atoms with van der Waals surface area (Å²) >= 11 is 3.17. The first-order chi connectivity index (χ1) is 7.13. The third kappa shape index (κ3) is 4.10. The molecule has 0 aliphatic heterocycles. The van der Waals surface area contributed by atoms with Crippen molar-refractivity contribution in [1.29, 1.82) is 0 Å². The van der Waals surface area contributed by atoms with Crippen molar-refractivity contribution in [1.82, 2.24) is 5.32 Å². The number of Topliss-reactive ketones (excluding diaryl/α,β-unsaturated/α-hetero) is 1. The predicted octanol–water partition coefficient (Wildman–Crippen LogP) is 2.31. The lowest BCUT2D eigenvalue weighted by molar-refractivity contribution is -0.117. The zero-order valence-corrected chi connectivity index (χ0v) is 10.1. The number of likely N-dealkylation sites (N-methyl/N-ethyl adjacent to an activating group) is 1. The number of carbonyl (C=O) groups is 1. The Morgan fingerprint density at radius 1 is 1.53 bits per heavy atom. The Hall–Kier alpha value is -0.740. The number of ketones is 1. The van der Waals surface area contributed by atoms with E-state index in [2.05, 4.69) is 21.2 Å². The Labute approximate surface area is 97.0 Å². The van der Waals surface area contributed by atoms with Crippen molar-refractivity contribution in [2.45, 2.75) is 13.3 Å². The molecule has 0 saturated heterocycles. The van der Waals surface area contributed by atoms with Gasteiger partial charge in [-0.3, -0.25) is 4.79 Å². The second-order valence-electron chi connectivity index (χ2n) is 3.23. The van der Waals surface area contributed by atoms with E-state index in [9.17, 15) is 9.18 Å². The highest BCUT2D eigenvalue weighted by molar-refractivity contribution is 9.10. The summed E-state index contributed by atoms with van der Waals surface area (Å²) in [5.74, 6) is -0.340. The first-order valence-electron chi connectivity index (χ1n) is 4.79. The normalized spacial score (nSPS) is 10.3. The third-order valence-electron chi connectivity index (χ3n) is 1.97. The molecular formula is C11H13BrFNO. The Bertz CT molecular complexity index is 354. The molecule has 0 atom stereocenters. The van der Waals surface area contributed by atoms with Crippen LogP contribution in [0.15, 0.2) is 22.7 Å². The summed E-state index contributed by atoms with van der Waals surface area (Å²) in [7, 11) is 0. The summed E-state index contributed by atoms with van der Waals surface area (Å²) in [6.45, 7) is 2.97. The van der Waals surface area contributed by atoms with Crippen molar-refractivity contribution < 1.29 is 9.18 Å².